The van der Waals surface area contributed by atoms with Gasteiger partial charge in [-0.1, -0.05) is 39.8 Å². The Kier molecular flexibility index (Phi) is 5.32. The van der Waals surface area contributed by atoms with E-state index in [-0.39, 0.29) is 10.8 Å². The minimum atomic E-state index is 0.172. The van der Waals surface area contributed by atoms with Gasteiger partial charge in [0, 0.05) is 18.3 Å². The summed E-state index contributed by atoms with van der Waals surface area (Å²) in [6.45, 7) is 9.87. The highest BCUT2D eigenvalue weighted by Crippen LogP contribution is 2.28. The van der Waals surface area contributed by atoms with Crippen molar-refractivity contribution in [1.82, 2.24) is 9.55 Å². The van der Waals surface area contributed by atoms with Crippen molar-refractivity contribution in [2.24, 2.45) is 5.41 Å². The third kappa shape index (κ3) is 4.00. The van der Waals surface area contributed by atoms with Gasteiger partial charge in [-0.25, -0.2) is 4.98 Å². The van der Waals surface area contributed by atoms with Crippen LogP contribution in [-0.2, 0) is 13.0 Å². The summed E-state index contributed by atoms with van der Waals surface area (Å²) >= 11 is 6.48. The molecule has 0 aliphatic rings. The highest BCUT2D eigenvalue weighted by molar-refractivity contribution is 6.21. The van der Waals surface area contributed by atoms with Gasteiger partial charge >= 0.3 is 0 Å². The zero-order chi connectivity index (χ0) is 15.5. The number of aryl methyl sites for hydroxylation is 2. The lowest BCUT2D eigenvalue weighted by atomic mass is 9.89. The van der Waals surface area contributed by atoms with E-state index in [2.05, 4.69) is 56.5 Å². The summed E-state index contributed by atoms with van der Waals surface area (Å²) in [6, 6.07) is 8.42. The largest absolute Gasteiger partial charge is 0.328 e. The molecule has 1 aromatic carbocycles. The van der Waals surface area contributed by atoms with Gasteiger partial charge in [-0.3, -0.25) is 0 Å². The molecule has 0 radical (unpaired) electrons. The molecule has 0 saturated carbocycles. The van der Waals surface area contributed by atoms with Crippen molar-refractivity contribution < 1.29 is 0 Å². The number of imidazole rings is 1. The molecule has 0 saturated heterocycles. The summed E-state index contributed by atoms with van der Waals surface area (Å²) in [4.78, 5) is 4.81. The Morgan fingerprint density at radius 1 is 1.24 bits per heavy atom. The fourth-order valence-corrected chi connectivity index (χ4v) is 2.82. The van der Waals surface area contributed by atoms with E-state index in [0.717, 1.165) is 37.7 Å². The number of nitrogens with zero attached hydrogens (tertiary/aromatic N) is 2. The molecule has 2 rings (SSSR count). The number of rotatable bonds is 6. The SMILES string of the molecule is CCCn1c(CCCC(Cl)C(C)(C)C)nc2ccccc21. The second-order valence-electron chi connectivity index (χ2n) is 6.89. The van der Waals surface area contributed by atoms with Crippen molar-refractivity contribution in [3.63, 3.8) is 0 Å². The molecule has 3 heteroatoms. The van der Waals surface area contributed by atoms with Crippen LogP contribution in [0.25, 0.3) is 11.0 Å². The maximum atomic E-state index is 6.48. The van der Waals surface area contributed by atoms with E-state index in [4.69, 9.17) is 16.6 Å². The minimum Gasteiger partial charge on any atom is -0.328 e. The van der Waals surface area contributed by atoms with E-state index in [0.29, 0.717) is 0 Å². The van der Waals surface area contributed by atoms with Gasteiger partial charge in [0.2, 0.25) is 0 Å². The van der Waals surface area contributed by atoms with Crippen LogP contribution in [0.3, 0.4) is 0 Å². The third-order valence-electron chi connectivity index (χ3n) is 3.98. The topological polar surface area (TPSA) is 17.8 Å². The molecular weight excluding hydrogens is 280 g/mol. The van der Waals surface area contributed by atoms with Gasteiger partial charge in [0.25, 0.3) is 0 Å². The molecule has 1 heterocycles. The lowest BCUT2D eigenvalue weighted by Crippen LogP contribution is -2.20. The number of fused-ring (bicyclic) bond motifs is 1. The highest BCUT2D eigenvalue weighted by atomic mass is 35.5. The van der Waals surface area contributed by atoms with Gasteiger partial charge in [-0.05, 0) is 36.8 Å². The molecule has 0 fully saturated rings. The molecule has 1 unspecified atom stereocenters. The minimum absolute atomic E-state index is 0.172. The van der Waals surface area contributed by atoms with E-state index in [1.165, 1.54) is 11.3 Å². The molecule has 21 heavy (non-hydrogen) atoms. The van der Waals surface area contributed by atoms with Gasteiger partial charge in [0.15, 0.2) is 0 Å². The molecule has 2 aromatic rings. The van der Waals surface area contributed by atoms with Crippen LogP contribution in [0, 0.1) is 5.41 Å². The number of halogens is 1. The summed E-state index contributed by atoms with van der Waals surface area (Å²) in [7, 11) is 0. The normalized spacial score (nSPS) is 13.8. The first-order valence-corrected chi connectivity index (χ1v) is 8.45. The maximum Gasteiger partial charge on any atom is 0.109 e. The molecule has 2 nitrogen and oxygen atoms in total. The zero-order valence-electron chi connectivity index (χ0n) is 13.7. The Morgan fingerprint density at radius 3 is 2.62 bits per heavy atom. The summed E-state index contributed by atoms with van der Waals surface area (Å²) in [6.07, 6.45) is 4.28. The number of para-hydroxylation sites is 2. The smallest absolute Gasteiger partial charge is 0.109 e. The quantitative estimate of drug-likeness (QED) is 0.651. The van der Waals surface area contributed by atoms with Crippen molar-refractivity contribution in [3.8, 4) is 0 Å². The Hall–Kier alpha value is -1.02. The van der Waals surface area contributed by atoms with E-state index < -0.39 is 0 Å². The van der Waals surface area contributed by atoms with Crippen molar-refractivity contribution in [2.45, 2.75) is 65.3 Å². The van der Waals surface area contributed by atoms with Crippen LogP contribution in [0.2, 0.25) is 0 Å². The van der Waals surface area contributed by atoms with Crippen LogP contribution in [0.5, 0.6) is 0 Å². The fraction of sp³-hybridized carbons (Fsp3) is 0.611. The predicted molar refractivity (Wildman–Crippen MR) is 92.1 cm³/mol. The fourth-order valence-electron chi connectivity index (χ4n) is 2.66. The van der Waals surface area contributed by atoms with E-state index >= 15 is 0 Å². The molecule has 0 aliphatic carbocycles. The maximum absolute atomic E-state index is 6.48. The Balaban J connectivity index is 2.09. The summed E-state index contributed by atoms with van der Waals surface area (Å²) in [5.74, 6) is 1.20. The average molecular weight is 307 g/mol. The first-order valence-electron chi connectivity index (χ1n) is 8.01. The molecule has 0 spiro atoms. The average Bonchev–Trinajstić information content (AvgIpc) is 2.76. The Morgan fingerprint density at radius 2 is 1.95 bits per heavy atom. The number of alkyl halides is 1. The lowest BCUT2D eigenvalue weighted by Gasteiger charge is -2.24. The molecule has 0 amide bonds. The second-order valence-corrected chi connectivity index (χ2v) is 7.42. The van der Waals surface area contributed by atoms with Gasteiger partial charge in [-0.2, -0.15) is 0 Å². The second kappa shape index (κ2) is 6.83. The van der Waals surface area contributed by atoms with Crippen LogP contribution in [0.4, 0.5) is 0 Å². The number of hydrogen-bond acceptors (Lipinski definition) is 1. The van der Waals surface area contributed by atoms with Crippen molar-refractivity contribution in [3.05, 3.63) is 30.1 Å². The first-order chi connectivity index (χ1) is 9.93. The lowest BCUT2D eigenvalue weighted by molar-refractivity contribution is 0.367. The van der Waals surface area contributed by atoms with Gasteiger partial charge < -0.3 is 4.57 Å². The highest BCUT2D eigenvalue weighted by Gasteiger charge is 2.21. The first kappa shape index (κ1) is 16.4. The molecular formula is C18H27ClN2. The van der Waals surface area contributed by atoms with Gasteiger partial charge in [0.1, 0.15) is 5.82 Å². The van der Waals surface area contributed by atoms with Crippen molar-refractivity contribution in [2.75, 3.05) is 0 Å². The van der Waals surface area contributed by atoms with Gasteiger partial charge in [0.05, 0.1) is 11.0 Å². The summed E-state index contributed by atoms with van der Waals surface area (Å²) < 4.78 is 2.37. The monoisotopic (exact) mass is 306 g/mol. The summed E-state index contributed by atoms with van der Waals surface area (Å²) in [5.41, 5.74) is 2.54. The Labute approximate surface area is 133 Å². The molecule has 0 aliphatic heterocycles. The van der Waals surface area contributed by atoms with E-state index in [9.17, 15) is 0 Å². The van der Waals surface area contributed by atoms with Crippen molar-refractivity contribution >= 4 is 22.6 Å². The molecule has 1 aromatic heterocycles. The van der Waals surface area contributed by atoms with Crippen molar-refractivity contribution in [1.29, 1.82) is 0 Å². The third-order valence-corrected chi connectivity index (χ3v) is 4.85. The van der Waals surface area contributed by atoms with Crippen LogP contribution in [-0.4, -0.2) is 14.9 Å². The predicted octanol–water partition coefficient (Wildman–Crippen LogP) is 5.42. The Bertz CT molecular complexity index is 580. The number of aromatic nitrogens is 2. The number of hydrogen-bond donors (Lipinski definition) is 0. The van der Waals surface area contributed by atoms with Crippen LogP contribution < -0.4 is 0 Å². The number of benzene rings is 1. The van der Waals surface area contributed by atoms with E-state index in [1.807, 2.05) is 0 Å². The van der Waals surface area contributed by atoms with Crippen LogP contribution >= 0.6 is 11.6 Å². The van der Waals surface area contributed by atoms with Crippen LogP contribution in [0.1, 0.15) is 52.8 Å². The molecule has 116 valence electrons. The van der Waals surface area contributed by atoms with Crippen LogP contribution in [0.15, 0.2) is 24.3 Å². The van der Waals surface area contributed by atoms with E-state index in [1.54, 1.807) is 0 Å². The molecule has 1 atom stereocenters. The standard InChI is InChI=1S/C18H27ClN2/c1-5-13-21-15-10-7-6-9-14(15)20-17(21)12-8-11-16(19)18(2,3)4/h6-7,9-10,16H,5,8,11-13H2,1-4H3. The molecule has 0 N–H and O–H groups in total. The van der Waals surface area contributed by atoms with Gasteiger partial charge in [-0.15, -0.1) is 11.6 Å². The zero-order valence-corrected chi connectivity index (χ0v) is 14.5. The molecule has 0 bridgehead atoms. The summed E-state index contributed by atoms with van der Waals surface area (Å²) in [5, 5.41) is 0.224.